The van der Waals surface area contributed by atoms with Gasteiger partial charge in [0.05, 0.1) is 6.61 Å². The molecule has 1 rings (SSSR count). The van der Waals surface area contributed by atoms with Crippen LogP contribution in [0.5, 0.6) is 5.75 Å². The quantitative estimate of drug-likeness (QED) is 0.801. The molecule has 0 aromatic heterocycles. The summed E-state index contributed by atoms with van der Waals surface area (Å²) in [6, 6.07) is 6.23. The van der Waals surface area contributed by atoms with Gasteiger partial charge in [-0.2, -0.15) is 0 Å². The van der Waals surface area contributed by atoms with Gasteiger partial charge in [-0.3, -0.25) is 0 Å². The highest BCUT2D eigenvalue weighted by Gasteiger charge is 2.07. The molecule has 0 spiro atoms. The zero-order valence-corrected chi connectivity index (χ0v) is 10.5. The van der Waals surface area contributed by atoms with Gasteiger partial charge >= 0.3 is 0 Å². The smallest absolute Gasteiger partial charge is 0.123 e. The van der Waals surface area contributed by atoms with Crippen molar-refractivity contribution in [3.8, 4) is 5.75 Å². The number of aliphatic hydroxyl groups excluding tert-OH is 1. The van der Waals surface area contributed by atoms with Gasteiger partial charge in [0.25, 0.3) is 0 Å². The maximum atomic E-state index is 8.99. The van der Waals surface area contributed by atoms with Crippen molar-refractivity contribution in [1.82, 2.24) is 0 Å². The largest absolute Gasteiger partial charge is 0.488 e. The fraction of sp³-hybridized carbons (Fsp3) is 0.571. The molecule has 2 heteroatoms. The molecule has 0 heterocycles. The van der Waals surface area contributed by atoms with E-state index < -0.39 is 0 Å². The molecule has 0 fully saturated rings. The molecule has 2 nitrogen and oxygen atoms in total. The van der Waals surface area contributed by atoms with Gasteiger partial charge in [-0.05, 0) is 38.3 Å². The van der Waals surface area contributed by atoms with Gasteiger partial charge in [-0.25, -0.2) is 0 Å². The van der Waals surface area contributed by atoms with Crippen molar-refractivity contribution in [2.75, 3.05) is 6.61 Å². The molecular weight excluding hydrogens is 200 g/mol. The third kappa shape index (κ3) is 3.86. The Morgan fingerprint density at radius 2 is 2.12 bits per heavy atom. The highest BCUT2D eigenvalue weighted by Crippen LogP contribution is 2.23. The summed E-state index contributed by atoms with van der Waals surface area (Å²) in [6.07, 6.45) is 3.27. The molecule has 0 unspecified atom stereocenters. The number of hydrogen-bond acceptors (Lipinski definition) is 2. The standard InChI is InChI=1S/C14H22O2/c1-4-5-6-13-9-11(2)7-8-14(13)16-12(3)10-15/h7-9,12,15H,4-6,10H2,1-3H3/t12-/m0/s1. The third-order valence-electron chi connectivity index (χ3n) is 2.60. The molecule has 0 radical (unpaired) electrons. The molecular formula is C14H22O2. The number of aryl methyl sites for hydroxylation is 2. The maximum Gasteiger partial charge on any atom is 0.123 e. The van der Waals surface area contributed by atoms with Crippen LogP contribution >= 0.6 is 0 Å². The van der Waals surface area contributed by atoms with E-state index in [1.165, 1.54) is 24.0 Å². The minimum absolute atomic E-state index is 0.0566. The minimum Gasteiger partial charge on any atom is -0.488 e. The third-order valence-corrected chi connectivity index (χ3v) is 2.60. The molecule has 1 aromatic rings. The fourth-order valence-corrected chi connectivity index (χ4v) is 1.64. The molecule has 0 aliphatic rings. The van der Waals surface area contributed by atoms with E-state index in [9.17, 15) is 0 Å². The first-order valence-corrected chi connectivity index (χ1v) is 6.04. The first-order valence-electron chi connectivity index (χ1n) is 6.04. The van der Waals surface area contributed by atoms with Gasteiger partial charge in [-0.1, -0.05) is 31.0 Å². The maximum absolute atomic E-state index is 8.99. The SMILES string of the molecule is CCCCc1cc(C)ccc1O[C@@H](C)CO. The van der Waals surface area contributed by atoms with Crippen LogP contribution in [-0.4, -0.2) is 17.8 Å². The predicted octanol–water partition coefficient (Wildman–Crippen LogP) is 3.10. The van der Waals surface area contributed by atoms with Crippen LogP contribution in [0.25, 0.3) is 0 Å². The molecule has 1 N–H and O–H groups in total. The van der Waals surface area contributed by atoms with E-state index in [1.807, 2.05) is 13.0 Å². The lowest BCUT2D eigenvalue weighted by atomic mass is 10.0. The van der Waals surface area contributed by atoms with Crippen LogP contribution in [0.15, 0.2) is 18.2 Å². The molecule has 1 aromatic carbocycles. The van der Waals surface area contributed by atoms with Crippen LogP contribution in [0.3, 0.4) is 0 Å². The zero-order valence-electron chi connectivity index (χ0n) is 10.5. The Morgan fingerprint density at radius 3 is 2.75 bits per heavy atom. The second-order valence-electron chi connectivity index (χ2n) is 4.33. The summed E-state index contributed by atoms with van der Waals surface area (Å²) in [5.41, 5.74) is 2.51. The summed E-state index contributed by atoms with van der Waals surface area (Å²) in [4.78, 5) is 0. The van der Waals surface area contributed by atoms with Gasteiger partial charge in [-0.15, -0.1) is 0 Å². The molecule has 0 aliphatic carbocycles. The summed E-state index contributed by atoms with van der Waals surface area (Å²) in [6.45, 7) is 6.21. The van der Waals surface area contributed by atoms with E-state index in [-0.39, 0.29) is 12.7 Å². The van der Waals surface area contributed by atoms with E-state index >= 15 is 0 Å². The molecule has 0 bridgehead atoms. The van der Waals surface area contributed by atoms with Crippen molar-refractivity contribution in [3.63, 3.8) is 0 Å². The molecule has 1 atom stereocenters. The van der Waals surface area contributed by atoms with Crippen molar-refractivity contribution in [2.24, 2.45) is 0 Å². The highest BCUT2D eigenvalue weighted by atomic mass is 16.5. The number of ether oxygens (including phenoxy) is 1. The second kappa shape index (κ2) is 6.54. The van der Waals surface area contributed by atoms with Gasteiger partial charge < -0.3 is 9.84 Å². The highest BCUT2D eigenvalue weighted by molar-refractivity contribution is 5.37. The summed E-state index contributed by atoms with van der Waals surface area (Å²) in [5, 5.41) is 8.99. The fourth-order valence-electron chi connectivity index (χ4n) is 1.64. The Kier molecular flexibility index (Phi) is 5.33. The van der Waals surface area contributed by atoms with Gasteiger partial charge in [0, 0.05) is 0 Å². The van der Waals surface area contributed by atoms with Gasteiger partial charge in [0.1, 0.15) is 11.9 Å². The van der Waals surface area contributed by atoms with Crippen LogP contribution < -0.4 is 4.74 Å². The van der Waals surface area contributed by atoms with Crippen molar-refractivity contribution in [3.05, 3.63) is 29.3 Å². The van der Waals surface area contributed by atoms with Crippen molar-refractivity contribution in [1.29, 1.82) is 0 Å². The van der Waals surface area contributed by atoms with Gasteiger partial charge in [0.2, 0.25) is 0 Å². The first-order chi connectivity index (χ1) is 7.67. The van der Waals surface area contributed by atoms with Crippen LogP contribution in [0.1, 0.15) is 37.8 Å². The van der Waals surface area contributed by atoms with E-state index in [1.54, 1.807) is 0 Å². The molecule has 0 saturated carbocycles. The van der Waals surface area contributed by atoms with Crippen LogP contribution in [-0.2, 0) is 6.42 Å². The van der Waals surface area contributed by atoms with E-state index in [0.717, 1.165) is 12.2 Å². The molecule has 90 valence electrons. The zero-order chi connectivity index (χ0) is 12.0. The number of unbranched alkanes of at least 4 members (excludes halogenated alkanes) is 1. The molecule has 0 amide bonds. The van der Waals surface area contributed by atoms with Crippen LogP contribution in [0, 0.1) is 6.92 Å². The summed E-state index contributed by atoms with van der Waals surface area (Å²) in [7, 11) is 0. The second-order valence-corrected chi connectivity index (χ2v) is 4.33. The number of benzene rings is 1. The Balaban J connectivity index is 2.80. The summed E-state index contributed by atoms with van der Waals surface area (Å²) in [5.74, 6) is 0.917. The number of rotatable bonds is 6. The van der Waals surface area contributed by atoms with E-state index in [4.69, 9.17) is 9.84 Å². The number of aliphatic hydroxyl groups is 1. The van der Waals surface area contributed by atoms with Crippen LogP contribution in [0.2, 0.25) is 0 Å². The number of hydrogen-bond donors (Lipinski definition) is 1. The van der Waals surface area contributed by atoms with E-state index in [0.29, 0.717) is 0 Å². The van der Waals surface area contributed by atoms with E-state index in [2.05, 4.69) is 26.0 Å². The normalized spacial score (nSPS) is 12.5. The topological polar surface area (TPSA) is 29.5 Å². The molecule has 16 heavy (non-hydrogen) atoms. The summed E-state index contributed by atoms with van der Waals surface area (Å²) < 4.78 is 5.70. The average Bonchev–Trinajstić information content (AvgIpc) is 2.29. The Bertz CT molecular complexity index is 321. The minimum atomic E-state index is -0.136. The Labute approximate surface area is 98.3 Å². The predicted molar refractivity (Wildman–Crippen MR) is 67.0 cm³/mol. The van der Waals surface area contributed by atoms with Crippen LogP contribution in [0.4, 0.5) is 0 Å². The lowest BCUT2D eigenvalue weighted by Gasteiger charge is -2.16. The molecule has 0 aliphatic heterocycles. The van der Waals surface area contributed by atoms with Crippen molar-refractivity contribution >= 4 is 0 Å². The summed E-state index contributed by atoms with van der Waals surface area (Å²) >= 11 is 0. The Hall–Kier alpha value is -1.02. The lowest BCUT2D eigenvalue weighted by Crippen LogP contribution is -2.17. The average molecular weight is 222 g/mol. The van der Waals surface area contributed by atoms with Crippen molar-refractivity contribution in [2.45, 2.75) is 46.1 Å². The van der Waals surface area contributed by atoms with Gasteiger partial charge in [0.15, 0.2) is 0 Å². The lowest BCUT2D eigenvalue weighted by molar-refractivity contribution is 0.128. The Morgan fingerprint density at radius 1 is 1.38 bits per heavy atom. The first kappa shape index (κ1) is 13.0. The monoisotopic (exact) mass is 222 g/mol. The molecule has 0 saturated heterocycles. The van der Waals surface area contributed by atoms with Crippen molar-refractivity contribution < 1.29 is 9.84 Å².